The molecule has 8 heteroatoms. The number of sulfonamides is 1. The highest BCUT2D eigenvalue weighted by atomic mass is 32.2. The monoisotopic (exact) mass is 414 g/mol. The van der Waals surface area contributed by atoms with Gasteiger partial charge in [-0.1, -0.05) is 24.3 Å². The minimum absolute atomic E-state index is 0.0194. The van der Waals surface area contributed by atoms with Gasteiger partial charge in [0.05, 0.1) is 17.6 Å². The van der Waals surface area contributed by atoms with Gasteiger partial charge in [0.2, 0.25) is 5.89 Å². The second-order valence-electron chi connectivity index (χ2n) is 6.40. The van der Waals surface area contributed by atoms with Crippen LogP contribution in [0.3, 0.4) is 0 Å². The fourth-order valence-corrected chi connectivity index (χ4v) is 4.47. The molecule has 0 amide bonds. The summed E-state index contributed by atoms with van der Waals surface area (Å²) in [4.78, 5) is 16.4. The lowest BCUT2D eigenvalue weighted by atomic mass is 10.1. The molecule has 2 aromatic carbocycles. The van der Waals surface area contributed by atoms with Gasteiger partial charge in [0.15, 0.2) is 5.82 Å². The Morgan fingerprint density at radius 1 is 1.14 bits per heavy atom. The number of nitrogens with zero attached hydrogens (tertiary/aromatic N) is 2. The Morgan fingerprint density at radius 2 is 1.83 bits per heavy atom. The van der Waals surface area contributed by atoms with Gasteiger partial charge in [-0.3, -0.25) is 0 Å². The van der Waals surface area contributed by atoms with Crippen LogP contribution in [-0.2, 0) is 14.8 Å². The smallest absolute Gasteiger partial charge is 0.338 e. The van der Waals surface area contributed by atoms with Crippen LogP contribution in [0.15, 0.2) is 57.8 Å². The maximum Gasteiger partial charge on any atom is 0.338 e. The van der Waals surface area contributed by atoms with Gasteiger partial charge in [0, 0.05) is 12.1 Å². The highest BCUT2D eigenvalue weighted by molar-refractivity contribution is 7.92. The number of aromatic nitrogens is 1. The summed E-state index contributed by atoms with van der Waals surface area (Å²) >= 11 is 0. The van der Waals surface area contributed by atoms with Crippen LogP contribution in [0.2, 0.25) is 0 Å². The number of ether oxygens (including phenoxy) is 1. The van der Waals surface area contributed by atoms with Crippen molar-refractivity contribution < 1.29 is 22.4 Å². The number of oxazole rings is 1. The summed E-state index contributed by atoms with van der Waals surface area (Å²) in [6.07, 6.45) is 0. The number of hydrogen-bond acceptors (Lipinski definition) is 6. The molecular formula is C21H22N2O5S. The van der Waals surface area contributed by atoms with Gasteiger partial charge < -0.3 is 9.15 Å². The Labute approximate surface area is 170 Å². The average Bonchev–Trinajstić information content (AvgIpc) is 3.10. The summed E-state index contributed by atoms with van der Waals surface area (Å²) < 4.78 is 38.3. The molecule has 0 saturated heterocycles. The van der Waals surface area contributed by atoms with E-state index < -0.39 is 16.0 Å². The molecule has 7 nitrogen and oxygen atoms in total. The van der Waals surface area contributed by atoms with Gasteiger partial charge in [-0.2, -0.15) is 4.98 Å². The van der Waals surface area contributed by atoms with Crippen molar-refractivity contribution in [1.29, 1.82) is 0 Å². The van der Waals surface area contributed by atoms with Crippen LogP contribution in [0.25, 0.3) is 11.5 Å². The van der Waals surface area contributed by atoms with E-state index in [1.54, 1.807) is 26.8 Å². The lowest BCUT2D eigenvalue weighted by molar-refractivity contribution is 0.0599. The standard InChI is InChI=1S/C21H22N2O5S/c1-5-23(19-15(3)28-20(22-19)16-9-7-6-8-10-16)29(25,26)17-12-11-14(2)18(13-17)21(24)27-4/h6-13H,5H2,1-4H3. The number of carbonyl (C=O) groups is 1. The van der Waals surface area contributed by atoms with E-state index in [0.717, 1.165) is 5.56 Å². The first-order valence-corrected chi connectivity index (χ1v) is 10.5. The van der Waals surface area contributed by atoms with Crippen molar-refractivity contribution in [3.8, 4) is 11.5 Å². The predicted octanol–water partition coefficient (Wildman–Crippen LogP) is 3.96. The molecule has 152 valence electrons. The van der Waals surface area contributed by atoms with Gasteiger partial charge in [0.1, 0.15) is 5.76 Å². The van der Waals surface area contributed by atoms with E-state index in [4.69, 9.17) is 9.15 Å². The first-order valence-electron chi connectivity index (χ1n) is 9.04. The molecule has 1 heterocycles. The number of hydrogen-bond donors (Lipinski definition) is 0. The highest BCUT2D eigenvalue weighted by Gasteiger charge is 2.29. The van der Waals surface area contributed by atoms with E-state index >= 15 is 0 Å². The van der Waals surface area contributed by atoms with Crippen molar-refractivity contribution in [2.24, 2.45) is 0 Å². The number of anilines is 1. The summed E-state index contributed by atoms with van der Waals surface area (Å²) in [6, 6.07) is 13.6. The third-order valence-corrected chi connectivity index (χ3v) is 6.38. The molecule has 0 unspecified atom stereocenters. The largest absolute Gasteiger partial charge is 0.465 e. The van der Waals surface area contributed by atoms with E-state index in [0.29, 0.717) is 17.2 Å². The van der Waals surface area contributed by atoms with Crippen molar-refractivity contribution in [2.45, 2.75) is 25.7 Å². The van der Waals surface area contributed by atoms with Gasteiger partial charge in [0.25, 0.3) is 10.0 Å². The topological polar surface area (TPSA) is 89.7 Å². The summed E-state index contributed by atoms with van der Waals surface area (Å²) in [7, 11) is -2.72. The minimum Gasteiger partial charge on any atom is -0.465 e. The second kappa shape index (κ2) is 8.08. The Bertz CT molecular complexity index is 1140. The zero-order valence-corrected chi connectivity index (χ0v) is 17.5. The van der Waals surface area contributed by atoms with Crippen LogP contribution in [0.5, 0.6) is 0 Å². The summed E-state index contributed by atoms with van der Waals surface area (Å²) in [6.45, 7) is 5.24. The van der Waals surface area contributed by atoms with Crippen LogP contribution >= 0.6 is 0 Å². The summed E-state index contributed by atoms with van der Waals surface area (Å²) in [5.74, 6) is 0.346. The molecule has 3 aromatic rings. The van der Waals surface area contributed by atoms with Crippen LogP contribution < -0.4 is 4.31 Å². The zero-order chi connectivity index (χ0) is 21.2. The molecule has 0 atom stereocenters. The van der Waals surface area contributed by atoms with E-state index in [1.807, 2.05) is 30.3 Å². The Morgan fingerprint density at radius 3 is 2.45 bits per heavy atom. The molecule has 1 aromatic heterocycles. The van der Waals surface area contributed by atoms with E-state index in [-0.39, 0.29) is 22.8 Å². The third-order valence-electron chi connectivity index (χ3n) is 4.52. The Hall–Kier alpha value is -3.13. The first-order chi connectivity index (χ1) is 13.8. The number of aryl methyl sites for hydroxylation is 2. The molecule has 0 bridgehead atoms. The number of rotatable bonds is 6. The van der Waals surface area contributed by atoms with Crippen molar-refractivity contribution in [3.05, 3.63) is 65.4 Å². The molecule has 0 aliphatic carbocycles. The molecule has 0 spiro atoms. The normalized spacial score (nSPS) is 11.3. The van der Waals surface area contributed by atoms with Crippen molar-refractivity contribution in [3.63, 3.8) is 0 Å². The summed E-state index contributed by atoms with van der Waals surface area (Å²) in [5, 5.41) is 0. The minimum atomic E-state index is -3.97. The number of esters is 1. The third kappa shape index (κ3) is 3.88. The maximum absolute atomic E-state index is 13.3. The predicted molar refractivity (Wildman–Crippen MR) is 109 cm³/mol. The molecule has 29 heavy (non-hydrogen) atoms. The van der Waals surface area contributed by atoms with Crippen LogP contribution in [0.4, 0.5) is 5.82 Å². The highest BCUT2D eigenvalue weighted by Crippen LogP contribution is 2.31. The van der Waals surface area contributed by atoms with E-state index in [9.17, 15) is 13.2 Å². The maximum atomic E-state index is 13.3. The molecule has 0 fully saturated rings. The number of carbonyl (C=O) groups excluding carboxylic acids is 1. The van der Waals surface area contributed by atoms with Gasteiger partial charge in [-0.15, -0.1) is 0 Å². The molecule has 0 N–H and O–H groups in total. The molecule has 0 aliphatic heterocycles. The number of benzene rings is 2. The Balaban J connectivity index is 2.06. The van der Waals surface area contributed by atoms with Crippen LogP contribution in [0, 0.1) is 13.8 Å². The molecule has 0 radical (unpaired) electrons. The molecular weight excluding hydrogens is 392 g/mol. The van der Waals surface area contributed by atoms with Crippen molar-refractivity contribution >= 4 is 21.8 Å². The zero-order valence-electron chi connectivity index (χ0n) is 16.7. The van der Waals surface area contributed by atoms with E-state index in [1.165, 1.54) is 23.5 Å². The Kier molecular flexibility index (Phi) is 5.74. The number of methoxy groups -OCH3 is 1. The quantitative estimate of drug-likeness (QED) is 0.567. The lowest BCUT2D eigenvalue weighted by Gasteiger charge is -2.21. The molecule has 0 saturated carbocycles. The SMILES string of the molecule is CCN(c1nc(-c2ccccc2)oc1C)S(=O)(=O)c1ccc(C)c(C(=O)OC)c1. The van der Waals surface area contributed by atoms with Crippen molar-refractivity contribution in [2.75, 3.05) is 18.0 Å². The average molecular weight is 414 g/mol. The second-order valence-corrected chi connectivity index (χ2v) is 8.27. The van der Waals surface area contributed by atoms with Gasteiger partial charge >= 0.3 is 5.97 Å². The van der Waals surface area contributed by atoms with Crippen LogP contribution in [-0.4, -0.2) is 33.0 Å². The fraction of sp³-hybridized carbons (Fsp3) is 0.238. The van der Waals surface area contributed by atoms with Crippen LogP contribution in [0.1, 0.15) is 28.6 Å². The molecule has 0 aliphatic rings. The van der Waals surface area contributed by atoms with E-state index in [2.05, 4.69) is 4.98 Å². The molecule has 3 rings (SSSR count). The fourth-order valence-electron chi connectivity index (χ4n) is 2.98. The van der Waals surface area contributed by atoms with Gasteiger partial charge in [-0.05, 0) is 50.6 Å². The lowest BCUT2D eigenvalue weighted by Crippen LogP contribution is -2.31. The summed E-state index contributed by atoms with van der Waals surface area (Å²) in [5.41, 5.74) is 1.58. The van der Waals surface area contributed by atoms with Crippen molar-refractivity contribution in [1.82, 2.24) is 4.98 Å². The van der Waals surface area contributed by atoms with Gasteiger partial charge in [-0.25, -0.2) is 17.5 Å². The first kappa shape index (κ1) is 20.6.